The summed E-state index contributed by atoms with van der Waals surface area (Å²) >= 11 is 0. The summed E-state index contributed by atoms with van der Waals surface area (Å²) in [5.41, 5.74) is 0.552. The fourth-order valence-electron chi connectivity index (χ4n) is 3.68. The fraction of sp³-hybridized carbons (Fsp3) is 0.571. The van der Waals surface area contributed by atoms with Crippen molar-refractivity contribution < 1.29 is 14.3 Å². The Kier molecular flexibility index (Phi) is 6.33. The second-order valence-corrected chi connectivity index (χ2v) is 7.38. The van der Waals surface area contributed by atoms with Crippen LogP contribution in [-0.2, 0) is 4.79 Å². The number of rotatable bonds is 7. The van der Waals surface area contributed by atoms with Gasteiger partial charge in [0.1, 0.15) is 11.8 Å². The van der Waals surface area contributed by atoms with Gasteiger partial charge in [-0.3, -0.25) is 9.59 Å². The second-order valence-electron chi connectivity index (χ2n) is 7.38. The molecule has 0 radical (unpaired) electrons. The maximum atomic E-state index is 12.7. The van der Waals surface area contributed by atoms with Gasteiger partial charge < -0.3 is 15.4 Å². The Morgan fingerprint density at radius 3 is 2.52 bits per heavy atom. The summed E-state index contributed by atoms with van der Waals surface area (Å²) in [6.07, 6.45) is 5.48. The maximum Gasteiger partial charge on any atom is 0.251 e. The van der Waals surface area contributed by atoms with Crippen LogP contribution in [0.25, 0.3) is 0 Å². The summed E-state index contributed by atoms with van der Waals surface area (Å²) < 4.78 is 5.40. The molecule has 2 N–H and O–H groups in total. The Bertz CT molecular complexity index is 706. The number of ether oxygens (including phenoxy) is 1. The molecular formula is C21H27N3O3. The molecule has 1 unspecified atom stereocenters. The van der Waals surface area contributed by atoms with Gasteiger partial charge in [-0.2, -0.15) is 5.26 Å². The molecule has 2 aliphatic rings. The van der Waals surface area contributed by atoms with E-state index in [1.165, 1.54) is 0 Å². The fourth-order valence-corrected chi connectivity index (χ4v) is 3.68. The van der Waals surface area contributed by atoms with E-state index in [1.54, 1.807) is 24.3 Å². The molecule has 27 heavy (non-hydrogen) atoms. The molecule has 6 nitrogen and oxygen atoms in total. The van der Waals surface area contributed by atoms with Gasteiger partial charge in [0.15, 0.2) is 0 Å². The van der Waals surface area contributed by atoms with Gasteiger partial charge in [0, 0.05) is 11.6 Å². The van der Waals surface area contributed by atoms with E-state index in [1.807, 2.05) is 6.92 Å². The second kappa shape index (κ2) is 8.90. The predicted molar refractivity (Wildman–Crippen MR) is 101 cm³/mol. The molecule has 0 aromatic heterocycles. The number of nitrogens with zero attached hydrogens (tertiary/aromatic N) is 1. The lowest BCUT2D eigenvalue weighted by molar-refractivity contribution is -0.127. The van der Waals surface area contributed by atoms with E-state index in [0.29, 0.717) is 18.1 Å². The molecule has 6 heteroatoms. The molecule has 0 saturated heterocycles. The molecule has 0 spiro atoms. The molecule has 144 valence electrons. The Balaban J connectivity index is 1.61. The monoisotopic (exact) mass is 369 g/mol. The first-order valence-corrected chi connectivity index (χ1v) is 9.86. The van der Waals surface area contributed by atoms with Crippen LogP contribution in [0, 0.1) is 23.2 Å². The Morgan fingerprint density at radius 1 is 1.19 bits per heavy atom. The molecule has 0 heterocycles. The van der Waals surface area contributed by atoms with Crippen molar-refractivity contribution in [2.24, 2.45) is 11.8 Å². The largest absolute Gasteiger partial charge is 0.494 e. The zero-order valence-corrected chi connectivity index (χ0v) is 15.7. The molecule has 1 aromatic rings. The maximum absolute atomic E-state index is 12.7. The number of hydrogen-bond acceptors (Lipinski definition) is 4. The van der Waals surface area contributed by atoms with Crippen LogP contribution in [0.3, 0.4) is 0 Å². The minimum Gasteiger partial charge on any atom is -0.494 e. The predicted octanol–water partition coefficient (Wildman–Crippen LogP) is 2.79. The van der Waals surface area contributed by atoms with Gasteiger partial charge >= 0.3 is 0 Å². The number of amides is 2. The quantitative estimate of drug-likeness (QED) is 0.773. The lowest BCUT2D eigenvalue weighted by Crippen LogP contribution is -2.50. The first kappa shape index (κ1) is 19.2. The van der Waals surface area contributed by atoms with E-state index < -0.39 is 6.04 Å². The normalized spacial score (nSPS) is 23.0. The lowest BCUT2D eigenvalue weighted by Gasteiger charge is -2.31. The molecule has 0 aliphatic heterocycles. The average Bonchev–Trinajstić information content (AvgIpc) is 3.52. The van der Waals surface area contributed by atoms with Crippen LogP contribution in [0.1, 0.15) is 55.8 Å². The van der Waals surface area contributed by atoms with Crippen LogP contribution in [0.15, 0.2) is 24.3 Å². The van der Waals surface area contributed by atoms with Crippen LogP contribution in [0.2, 0.25) is 0 Å². The van der Waals surface area contributed by atoms with Crippen LogP contribution < -0.4 is 15.4 Å². The van der Waals surface area contributed by atoms with Crippen LogP contribution >= 0.6 is 0 Å². The lowest BCUT2D eigenvalue weighted by atomic mass is 9.83. The van der Waals surface area contributed by atoms with Crippen molar-refractivity contribution in [2.75, 3.05) is 6.61 Å². The third-order valence-corrected chi connectivity index (χ3v) is 5.38. The van der Waals surface area contributed by atoms with Crippen LogP contribution in [0.5, 0.6) is 5.75 Å². The first-order chi connectivity index (χ1) is 13.1. The van der Waals surface area contributed by atoms with E-state index in [4.69, 9.17) is 4.74 Å². The average molecular weight is 369 g/mol. The third kappa shape index (κ3) is 5.00. The highest BCUT2D eigenvalue weighted by Crippen LogP contribution is 2.33. The molecule has 2 amide bonds. The standard InChI is InChI=1S/C21H27N3O3/c1-2-27-16-11-9-15(10-12-16)20(25)23-18-6-4-3-5-17(18)21(26)24-19(13-22)14-7-8-14/h9-12,14,17-19H,2-8H2,1H3,(H,23,25)(H,24,26)/t17-,18+,19?/m0/s1. The van der Waals surface area contributed by atoms with E-state index in [9.17, 15) is 14.9 Å². The summed E-state index contributed by atoms with van der Waals surface area (Å²) in [6, 6.07) is 8.62. The molecular weight excluding hydrogens is 342 g/mol. The van der Waals surface area contributed by atoms with E-state index in [2.05, 4.69) is 16.7 Å². The van der Waals surface area contributed by atoms with E-state index in [0.717, 1.165) is 44.3 Å². The van der Waals surface area contributed by atoms with E-state index in [-0.39, 0.29) is 23.8 Å². The van der Waals surface area contributed by atoms with E-state index >= 15 is 0 Å². The Hall–Kier alpha value is -2.55. The first-order valence-electron chi connectivity index (χ1n) is 9.86. The van der Waals surface area contributed by atoms with Gasteiger partial charge in [-0.15, -0.1) is 0 Å². The Morgan fingerprint density at radius 2 is 1.89 bits per heavy atom. The SMILES string of the molecule is CCOc1ccc(C(=O)N[C@@H]2CCCC[C@@H]2C(=O)NC(C#N)C2CC2)cc1. The number of nitrogens with one attached hydrogen (secondary N) is 2. The highest BCUT2D eigenvalue weighted by Gasteiger charge is 2.37. The van der Waals surface area contributed by atoms with Gasteiger partial charge in [-0.25, -0.2) is 0 Å². The van der Waals surface area contributed by atoms with Gasteiger partial charge in [0.25, 0.3) is 5.91 Å². The number of benzene rings is 1. The Labute approximate surface area is 160 Å². The van der Waals surface area contributed by atoms with Crippen molar-refractivity contribution in [3.63, 3.8) is 0 Å². The molecule has 0 bridgehead atoms. The summed E-state index contributed by atoms with van der Waals surface area (Å²) in [5, 5.41) is 15.2. The van der Waals surface area contributed by atoms with Crippen molar-refractivity contribution in [3.8, 4) is 11.8 Å². The molecule has 2 saturated carbocycles. The van der Waals surface area contributed by atoms with Crippen molar-refractivity contribution in [1.29, 1.82) is 5.26 Å². The minimum absolute atomic E-state index is 0.106. The van der Waals surface area contributed by atoms with Crippen LogP contribution in [-0.4, -0.2) is 30.5 Å². The smallest absolute Gasteiger partial charge is 0.251 e. The number of nitriles is 1. The van der Waals surface area contributed by atoms with Crippen molar-refractivity contribution in [1.82, 2.24) is 10.6 Å². The summed E-state index contributed by atoms with van der Waals surface area (Å²) in [5.74, 6) is 0.456. The zero-order chi connectivity index (χ0) is 19.2. The highest BCUT2D eigenvalue weighted by molar-refractivity contribution is 5.95. The highest BCUT2D eigenvalue weighted by atomic mass is 16.5. The summed E-state index contributed by atoms with van der Waals surface area (Å²) in [6.45, 7) is 2.49. The number of carbonyl (C=O) groups excluding carboxylic acids is 2. The van der Waals surface area contributed by atoms with Gasteiger partial charge in [-0.05, 0) is 62.8 Å². The van der Waals surface area contributed by atoms with Crippen molar-refractivity contribution in [3.05, 3.63) is 29.8 Å². The summed E-state index contributed by atoms with van der Waals surface area (Å²) in [7, 11) is 0. The molecule has 1 aromatic carbocycles. The minimum atomic E-state index is -0.401. The molecule has 3 atom stereocenters. The summed E-state index contributed by atoms with van der Waals surface area (Å²) in [4.78, 5) is 25.3. The molecule has 2 fully saturated rings. The van der Waals surface area contributed by atoms with Crippen LogP contribution in [0.4, 0.5) is 0 Å². The zero-order valence-electron chi connectivity index (χ0n) is 15.7. The van der Waals surface area contributed by atoms with Gasteiger partial charge in [0.05, 0.1) is 18.6 Å². The number of hydrogen-bond donors (Lipinski definition) is 2. The van der Waals surface area contributed by atoms with Gasteiger partial charge in [0.2, 0.25) is 5.91 Å². The van der Waals surface area contributed by atoms with Gasteiger partial charge in [-0.1, -0.05) is 12.8 Å². The molecule has 3 rings (SSSR count). The van der Waals surface area contributed by atoms with Crippen molar-refractivity contribution in [2.45, 2.75) is 57.5 Å². The topological polar surface area (TPSA) is 91.2 Å². The third-order valence-electron chi connectivity index (χ3n) is 5.38. The van der Waals surface area contributed by atoms with Crippen molar-refractivity contribution >= 4 is 11.8 Å². The molecule has 2 aliphatic carbocycles. The number of carbonyl (C=O) groups is 2.